The van der Waals surface area contributed by atoms with Gasteiger partial charge in [0.2, 0.25) is 0 Å². The van der Waals surface area contributed by atoms with Crippen molar-refractivity contribution in [2.24, 2.45) is 0 Å². The number of pyridine rings is 2. The monoisotopic (exact) mass is 363 g/mol. The van der Waals surface area contributed by atoms with Crippen LogP contribution in [0.25, 0.3) is 0 Å². The molecule has 0 atom stereocenters. The standard InChI is InChI=1S/C19H17N5OS/c25-19(24-17-7-11-21-12-8-17)23-16-3-1-15(2-4-16)22-18(26)13-14-5-9-20-10-6-14/h1-12H,13H2,(H,22,26)(H2,21,23,24,25). The quantitative estimate of drug-likeness (QED) is 0.595. The molecule has 3 N–H and O–H groups in total. The van der Waals surface area contributed by atoms with Crippen molar-refractivity contribution in [3.63, 3.8) is 0 Å². The first-order chi connectivity index (χ1) is 12.7. The van der Waals surface area contributed by atoms with E-state index in [1.54, 1.807) is 36.9 Å². The molecule has 3 rings (SSSR count). The van der Waals surface area contributed by atoms with E-state index < -0.39 is 0 Å². The molecule has 0 radical (unpaired) electrons. The van der Waals surface area contributed by atoms with Gasteiger partial charge in [-0.15, -0.1) is 0 Å². The zero-order valence-electron chi connectivity index (χ0n) is 13.8. The Labute approximate surface area is 156 Å². The van der Waals surface area contributed by atoms with Crippen LogP contribution >= 0.6 is 12.2 Å². The number of amides is 2. The van der Waals surface area contributed by atoms with Gasteiger partial charge in [-0.25, -0.2) is 4.79 Å². The van der Waals surface area contributed by atoms with Crippen LogP contribution in [0.1, 0.15) is 5.56 Å². The van der Waals surface area contributed by atoms with Crippen LogP contribution in [0.2, 0.25) is 0 Å². The van der Waals surface area contributed by atoms with Gasteiger partial charge in [0, 0.05) is 48.3 Å². The Morgan fingerprint density at radius 2 is 1.19 bits per heavy atom. The molecule has 0 saturated carbocycles. The number of benzene rings is 1. The van der Waals surface area contributed by atoms with Crippen LogP contribution in [0.4, 0.5) is 21.9 Å². The average Bonchev–Trinajstić information content (AvgIpc) is 2.65. The van der Waals surface area contributed by atoms with Crippen molar-refractivity contribution >= 4 is 40.3 Å². The summed E-state index contributed by atoms with van der Waals surface area (Å²) in [6.07, 6.45) is 7.37. The molecule has 26 heavy (non-hydrogen) atoms. The number of hydrogen-bond donors (Lipinski definition) is 3. The van der Waals surface area contributed by atoms with E-state index in [9.17, 15) is 4.79 Å². The van der Waals surface area contributed by atoms with E-state index >= 15 is 0 Å². The van der Waals surface area contributed by atoms with Gasteiger partial charge in [0.15, 0.2) is 0 Å². The predicted molar refractivity (Wildman–Crippen MR) is 107 cm³/mol. The smallest absolute Gasteiger partial charge is 0.323 e. The number of carbonyl (C=O) groups excluding carboxylic acids is 1. The van der Waals surface area contributed by atoms with E-state index in [1.165, 1.54) is 0 Å². The molecule has 6 nitrogen and oxygen atoms in total. The molecule has 0 unspecified atom stereocenters. The molecular formula is C19H17N5OS. The number of carbonyl (C=O) groups is 1. The summed E-state index contributed by atoms with van der Waals surface area (Å²) in [6, 6.07) is 14.3. The first-order valence-corrected chi connectivity index (χ1v) is 8.37. The lowest BCUT2D eigenvalue weighted by Gasteiger charge is -2.10. The molecule has 0 aliphatic heterocycles. The molecule has 7 heteroatoms. The van der Waals surface area contributed by atoms with Crippen LogP contribution in [0.3, 0.4) is 0 Å². The minimum absolute atomic E-state index is 0.315. The summed E-state index contributed by atoms with van der Waals surface area (Å²) in [5, 5.41) is 8.69. The highest BCUT2D eigenvalue weighted by Gasteiger charge is 2.04. The molecule has 0 fully saturated rings. The van der Waals surface area contributed by atoms with Crippen LogP contribution in [0.5, 0.6) is 0 Å². The Balaban J connectivity index is 1.51. The van der Waals surface area contributed by atoms with E-state index in [1.807, 2.05) is 36.4 Å². The maximum atomic E-state index is 12.0. The second-order valence-electron chi connectivity index (χ2n) is 5.47. The zero-order chi connectivity index (χ0) is 18.2. The molecule has 0 aliphatic rings. The van der Waals surface area contributed by atoms with Gasteiger partial charge in [0.05, 0.1) is 4.99 Å². The van der Waals surface area contributed by atoms with Gasteiger partial charge >= 0.3 is 6.03 Å². The third kappa shape index (κ3) is 5.35. The van der Waals surface area contributed by atoms with Crippen LogP contribution < -0.4 is 16.0 Å². The van der Waals surface area contributed by atoms with Crippen molar-refractivity contribution in [3.05, 3.63) is 78.9 Å². The number of aromatic nitrogens is 2. The second-order valence-corrected chi connectivity index (χ2v) is 5.97. The van der Waals surface area contributed by atoms with Gasteiger partial charge < -0.3 is 16.0 Å². The Morgan fingerprint density at radius 1 is 0.731 bits per heavy atom. The van der Waals surface area contributed by atoms with Crippen LogP contribution in [-0.4, -0.2) is 21.0 Å². The Kier molecular flexibility index (Phi) is 5.84. The molecule has 0 spiro atoms. The Hall–Kier alpha value is -3.32. The van der Waals surface area contributed by atoms with E-state index in [-0.39, 0.29) is 6.03 Å². The summed E-state index contributed by atoms with van der Waals surface area (Å²) in [6.45, 7) is 0. The summed E-state index contributed by atoms with van der Waals surface area (Å²) in [4.78, 5) is 20.6. The van der Waals surface area contributed by atoms with Crippen molar-refractivity contribution in [3.8, 4) is 0 Å². The van der Waals surface area contributed by atoms with Crippen LogP contribution in [0, 0.1) is 0 Å². The fraction of sp³-hybridized carbons (Fsp3) is 0.0526. The van der Waals surface area contributed by atoms with Crippen LogP contribution in [0.15, 0.2) is 73.3 Å². The maximum absolute atomic E-state index is 12.0. The number of nitrogens with one attached hydrogen (secondary N) is 3. The van der Waals surface area contributed by atoms with E-state index in [0.717, 1.165) is 11.3 Å². The summed E-state index contributed by atoms with van der Waals surface area (Å²) in [5.74, 6) is 0. The summed E-state index contributed by atoms with van der Waals surface area (Å²) in [5.41, 5.74) is 3.33. The number of anilines is 3. The number of nitrogens with zero attached hydrogens (tertiary/aromatic N) is 2. The normalized spacial score (nSPS) is 10.0. The van der Waals surface area contributed by atoms with Crippen LogP contribution in [-0.2, 0) is 6.42 Å². The summed E-state index contributed by atoms with van der Waals surface area (Å²) in [7, 11) is 0. The molecule has 2 aromatic heterocycles. The first kappa shape index (κ1) is 17.5. The van der Waals surface area contributed by atoms with E-state index in [4.69, 9.17) is 12.2 Å². The average molecular weight is 363 g/mol. The van der Waals surface area contributed by atoms with Gasteiger partial charge in [-0.1, -0.05) is 12.2 Å². The highest BCUT2D eigenvalue weighted by Crippen LogP contribution is 2.15. The SMILES string of the molecule is O=C(Nc1ccncc1)Nc1ccc(NC(=S)Cc2ccncc2)cc1. The zero-order valence-corrected chi connectivity index (χ0v) is 14.7. The molecule has 2 amide bonds. The molecule has 1 aromatic carbocycles. The van der Waals surface area contributed by atoms with Gasteiger partial charge in [-0.3, -0.25) is 9.97 Å². The van der Waals surface area contributed by atoms with Gasteiger partial charge in [-0.05, 0) is 54.1 Å². The van der Waals surface area contributed by atoms with Crippen molar-refractivity contribution in [2.45, 2.75) is 6.42 Å². The second kappa shape index (κ2) is 8.68. The lowest BCUT2D eigenvalue weighted by atomic mass is 10.2. The maximum Gasteiger partial charge on any atom is 0.323 e. The molecule has 130 valence electrons. The van der Waals surface area contributed by atoms with E-state index in [0.29, 0.717) is 22.8 Å². The predicted octanol–water partition coefficient (Wildman–Crippen LogP) is 4.10. The van der Waals surface area contributed by atoms with Crippen molar-refractivity contribution in [2.75, 3.05) is 16.0 Å². The highest BCUT2D eigenvalue weighted by atomic mass is 32.1. The topological polar surface area (TPSA) is 78.9 Å². The summed E-state index contributed by atoms with van der Waals surface area (Å²) >= 11 is 5.38. The largest absolute Gasteiger partial charge is 0.350 e. The van der Waals surface area contributed by atoms with Crippen molar-refractivity contribution < 1.29 is 4.79 Å². The van der Waals surface area contributed by atoms with E-state index in [2.05, 4.69) is 25.9 Å². The minimum atomic E-state index is -0.315. The van der Waals surface area contributed by atoms with Gasteiger partial charge in [0.25, 0.3) is 0 Å². The Bertz CT molecular complexity index is 795. The first-order valence-electron chi connectivity index (χ1n) is 7.96. The van der Waals surface area contributed by atoms with Gasteiger partial charge in [0.1, 0.15) is 0 Å². The number of thiocarbonyl (C=S) groups is 1. The number of hydrogen-bond acceptors (Lipinski definition) is 4. The lowest BCUT2D eigenvalue weighted by Crippen LogP contribution is -2.19. The number of urea groups is 1. The molecule has 3 aromatic rings. The third-order valence-electron chi connectivity index (χ3n) is 3.48. The molecule has 0 bridgehead atoms. The van der Waals surface area contributed by atoms with Crippen molar-refractivity contribution in [1.29, 1.82) is 0 Å². The highest BCUT2D eigenvalue weighted by molar-refractivity contribution is 7.80. The van der Waals surface area contributed by atoms with Crippen molar-refractivity contribution in [1.82, 2.24) is 9.97 Å². The Morgan fingerprint density at radius 3 is 1.77 bits per heavy atom. The lowest BCUT2D eigenvalue weighted by molar-refractivity contribution is 0.262. The third-order valence-corrected chi connectivity index (χ3v) is 3.73. The summed E-state index contributed by atoms with van der Waals surface area (Å²) < 4.78 is 0. The van der Waals surface area contributed by atoms with Gasteiger partial charge in [-0.2, -0.15) is 0 Å². The fourth-order valence-corrected chi connectivity index (χ4v) is 2.54. The molecule has 2 heterocycles. The number of rotatable bonds is 5. The molecular weight excluding hydrogens is 346 g/mol. The fourth-order valence-electron chi connectivity index (χ4n) is 2.26. The molecule has 0 aliphatic carbocycles. The molecule has 0 saturated heterocycles. The minimum Gasteiger partial charge on any atom is -0.350 e.